The maximum absolute atomic E-state index is 14.6. The summed E-state index contributed by atoms with van der Waals surface area (Å²) in [6.07, 6.45) is 3.21. The molecule has 2 N–H and O–H groups in total. The Kier molecular flexibility index (Phi) is 4.19. The number of fused-ring (bicyclic) bond motifs is 1. The molecule has 128 valence electrons. The van der Waals surface area contributed by atoms with Gasteiger partial charge in [-0.2, -0.15) is 0 Å². The van der Waals surface area contributed by atoms with Crippen molar-refractivity contribution >= 4 is 16.7 Å². The molecule has 0 radical (unpaired) electrons. The largest absolute Gasteiger partial charge is 0.505 e. The second-order valence-corrected chi connectivity index (χ2v) is 5.90. The molecule has 0 amide bonds. The van der Waals surface area contributed by atoms with Crippen LogP contribution in [0.2, 0.25) is 0 Å². The van der Waals surface area contributed by atoms with Crippen molar-refractivity contribution in [3.8, 4) is 5.75 Å². The van der Waals surface area contributed by atoms with Crippen LogP contribution >= 0.6 is 0 Å². The topological polar surface area (TPSA) is 58.0 Å². The molecule has 4 nitrogen and oxygen atoms in total. The van der Waals surface area contributed by atoms with Gasteiger partial charge in [0.2, 0.25) is 0 Å². The van der Waals surface area contributed by atoms with E-state index in [0.717, 1.165) is 5.56 Å². The van der Waals surface area contributed by atoms with Gasteiger partial charge in [0.25, 0.3) is 0 Å². The number of nitrogens with zero attached hydrogens (tertiary/aromatic N) is 2. The van der Waals surface area contributed by atoms with Crippen LogP contribution in [0.1, 0.15) is 17.2 Å². The second kappa shape index (κ2) is 6.80. The van der Waals surface area contributed by atoms with Gasteiger partial charge in [-0.3, -0.25) is 4.98 Å². The minimum absolute atomic E-state index is 0.0423. The third-order valence-electron chi connectivity index (χ3n) is 4.25. The lowest BCUT2D eigenvalue weighted by Gasteiger charge is -2.22. The first-order chi connectivity index (χ1) is 12.7. The molecule has 2 heterocycles. The molecule has 1 unspecified atom stereocenters. The normalized spacial score (nSPS) is 12.0. The van der Waals surface area contributed by atoms with Crippen LogP contribution in [0.5, 0.6) is 5.75 Å². The molecule has 0 fully saturated rings. The fraction of sp³-hybridized carbons (Fsp3) is 0.0476. The van der Waals surface area contributed by atoms with Gasteiger partial charge in [-0.15, -0.1) is 0 Å². The van der Waals surface area contributed by atoms with Gasteiger partial charge < -0.3 is 10.4 Å². The zero-order valence-electron chi connectivity index (χ0n) is 13.8. The molecule has 26 heavy (non-hydrogen) atoms. The number of anilines is 1. The van der Waals surface area contributed by atoms with E-state index < -0.39 is 11.9 Å². The molecular formula is C21H16FN3O. The van der Waals surface area contributed by atoms with Crippen molar-refractivity contribution in [2.75, 3.05) is 5.32 Å². The molecule has 0 aliphatic rings. The number of phenols is 1. The van der Waals surface area contributed by atoms with Crippen LogP contribution in [-0.2, 0) is 0 Å². The lowest BCUT2D eigenvalue weighted by atomic mass is 9.96. The van der Waals surface area contributed by atoms with Crippen LogP contribution in [0.25, 0.3) is 10.9 Å². The Balaban J connectivity index is 1.89. The number of hydrogen-bond acceptors (Lipinski definition) is 4. The average molecular weight is 345 g/mol. The first-order valence-corrected chi connectivity index (χ1v) is 8.22. The Morgan fingerprint density at radius 1 is 0.885 bits per heavy atom. The van der Waals surface area contributed by atoms with E-state index in [9.17, 15) is 9.50 Å². The number of hydrogen-bond donors (Lipinski definition) is 2. The van der Waals surface area contributed by atoms with Gasteiger partial charge in [-0.05, 0) is 35.9 Å². The first kappa shape index (κ1) is 16.0. The number of aromatic hydroxyl groups is 1. The van der Waals surface area contributed by atoms with Crippen LogP contribution in [0.3, 0.4) is 0 Å². The zero-order chi connectivity index (χ0) is 17.9. The summed E-state index contributed by atoms with van der Waals surface area (Å²) in [5.74, 6) is 0.159. The van der Waals surface area contributed by atoms with Gasteiger partial charge in [0, 0.05) is 23.3 Å². The van der Waals surface area contributed by atoms with Crippen molar-refractivity contribution in [2.24, 2.45) is 0 Å². The molecule has 0 spiro atoms. The number of phenolic OH excluding ortho intramolecular Hbond substituents is 1. The van der Waals surface area contributed by atoms with E-state index in [4.69, 9.17) is 0 Å². The second-order valence-electron chi connectivity index (χ2n) is 5.90. The van der Waals surface area contributed by atoms with E-state index in [2.05, 4.69) is 15.3 Å². The number of aromatic nitrogens is 2. The summed E-state index contributed by atoms with van der Waals surface area (Å²) in [4.78, 5) is 8.43. The average Bonchev–Trinajstić information content (AvgIpc) is 2.71. The zero-order valence-corrected chi connectivity index (χ0v) is 13.8. The van der Waals surface area contributed by atoms with Crippen LogP contribution in [-0.4, -0.2) is 15.1 Å². The minimum atomic E-state index is -0.480. The fourth-order valence-corrected chi connectivity index (χ4v) is 3.01. The summed E-state index contributed by atoms with van der Waals surface area (Å²) in [5, 5.41) is 14.4. The monoisotopic (exact) mass is 345 g/mol. The van der Waals surface area contributed by atoms with E-state index >= 15 is 0 Å². The molecule has 2 aromatic carbocycles. The first-order valence-electron chi connectivity index (χ1n) is 8.22. The summed E-state index contributed by atoms with van der Waals surface area (Å²) in [6.45, 7) is 0. The molecule has 2 aromatic heterocycles. The summed E-state index contributed by atoms with van der Waals surface area (Å²) in [6, 6.07) is 19.2. The van der Waals surface area contributed by atoms with Gasteiger partial charge in [0.15, 0.2) is 0 Å². The highest BCUT2D eigenvalue weighted by atomic mass is 19.1. The van der Waals surface area contributed by atoms with Crippen LogP contribution in [0, 0.1) is 5.82 Å². The molecule has 4 rings (SSSR count). The molecule has 0 bridgehead atoms. The highest BCUT2D eigenvalue weighted by molar-refractivity contribution is 5.86. The Morgan fingerprint density at radius 3 is 2.42 bits per heavy atom. The van der Waals surface area contributed by atoms with Crippen LogP contribution in [0.4, 0.5) is 10.2 Å². The van der Waals surface area contributed by atoms with Crippen LogP contribution < -0.4 is 5.32 Å². The Hall–Kier alpha value is -3.47. The lowest BCUT2D eigenvalue weighted by molar-refractivity contribution is 0.470. The molecule has 0 saturated carbocycles. The van der Waals surface area contributed by atoms with Crippen molar-refractivity contribution in [3.63, 3.8) is 0 Å². The van der Waals surface area contributed by atoms with Crippen molar-refractivity contribution in [2.45, 2.75) is 6.04 Å². The van der Waals surface area contributed by atoms with Gasteiger partial charge in [-0.1, -0.05) is 36.4 Å². The molecule has 5 heteroatoms. The van der Waals surface area contributed by atoms with E-state index in [1.807, 2.05) is 48.5 Å². The predicted octanol–water partition coefficient (Wildman–Crippen LogP) is 4.68. The number of pyridine rings is 2. The van der Waals surface area contributed by atoms with Crippen LogP contribution in [0.15, 0.2) is 79.1 Å². The predicted molar refractivity (Wildman–Crippen MR) is 99.5 cm³/mol. The standard InChI is InChI=1S/C21H16FN3O/c22-17-13-16(21(26)20-15(17)9-6-12-24-20)19(14-7-2-1-3-8-14)25-18-10-4-5-11-23-18/h1-13,19,26H,(H,23,25). The number of nitrogens with one attached hydrogen (secondary N) is 1. The maximum atomic E-state index is 14.6. The van der Waals surface area contributed by atoms with E-state index in [1.165, 1.54) is 12.3 Å². The Morgan fingerprint density at radius 2 is 1.65 bits per heavy atom. The summed E-state index contributed by atoms with van der Waals surface area (Å²) in [7, 11) is 0. The lowest BCUT2D eigenvalue weighted by Crippen LogP contribution is -2.14. The summed E-state index contributed by atoms with van der Waals surface area (Å²) >= 11 is 0. The van der Waals surface area contributed by atoms with Crippen molar-refractivity contribution in [3.05, 3.63) is 96.1 Å². The van der Waals surface area contributed by atoms with Gasteiger partial charge in [-0.25, -0.2) is 9.37 Å². The quantitative estimate of drug-likeness (QED) is 0.564. The molecule has 1 atom stereocenters. The molecule has 4 aromatic rings. The molecule has 0 aliphatic carbocycles. The number of rotatable bonds is 4. The van der Waals surface area contributed by atoms with E-state index in [1.54, 1.807) is 18.3 Å². The summed E-state index contributed by atoms with van der Waals surface area (Å²) < 4.78 is 14.6. The van der Waals surface area contributed by atoms with Gasteiger partial charge in [0.1, 0.15) is 22.9 Å². The highest BCUT2D eigenvalue weighted by Crippen LogP contribution is 2.37. The third-order valence-corrected chi connectivity index (χ3v) is 4.25. The van der Waals surface area contributed by atoms with E-state index in [-0.39, 0.29) is 11.3 Å². The maximum Gasteiger partial charge on any atom is 0.147 e. The van der Waals surface area contributed by atoms with Crippen molar-refractivity contribution < 1.29 is 9.50 Å². The van der Waals surface area contributed by atoms with Gasteiger partial charge in [0.05, 0.1) is 6.04 Å². The fourth-order valence-electron chi connectivity index (χ4n) is 3.01. The third kappa shape index (κ3) is 2.95. The minimum Gasteiger partial charge on any atom is -0.505 e. The van der Waals surface area contributed by atoms with Crippen molar-refractivity contribution in [1.82, 2.24) is 9.97 Å². The Labute approximate surface area is 150 Å². The van der Waals surface area contributed by atoms with Crippen molar-refractivity contribution in [1.29, 1.82) is 0 Å². The highest BCUT2D eigenvalue weighted by Gasteiger charge is 2.22. The number of benzene rings is 2. The summed E-state index contributed by atoms with van der Waals surface area (Å²) in [5.41, 5.74) is 1.53. The van der Waals surface area contributed by atoms with Gasteiger partial charge >= 0.3 is 0 Å². The SMILES string of the molecule is Oc1c(C(Nc2ccccn2)c2ccccc2)cc(F)c2cccnc12. The smallest absolute Gasteiger partial charge is 0.147 e. The Bertz CT molecular complexity index is 1040. The molecule has 0 saturated heterocycles. The molecule has 0 aliphatic heterocycles. The molecular weight excluding hydrogens is 329 g/mol. The van der Waals surface area contributed by atoms with E-state index in [0.29, 0.717) is 16.8 Å². The number of halogens is 1.